The van der Waals surface area contributed by atoms with Gasteiger partial charge in [-0.1, -0.05) is 0 Å². The first-order chi connectivity index (χ1) is 5.34. The van der Waals surface area contributed by atoms with Gasteiger partial charge >= 0.3 is 0 Å². The first-order valence-electron chi connectivity index (χ1n) is 3.75. The maximum absolute atomic E-state index is 4.41. The van der Waals surface area contributed by atoms with Gasteiger partial charge in [-0.15, -0.1) is 0 Å². The summed E-state index contributed by atoms with van der Waals surface area (Å²) < 4.78 is 4.18. The molecule has 1 rings (SSSR count). The SMILES string of the molecule is Cc1c(I)c(Br)nn1C(C)(C)C. The van der Waals surface area contributed by atoms with Gasteiger partial charge in [0.05, 0.1) is 14.8 Å². The molecule has 0 fully saturated rings. The second-order valence-corrected chi connectivity index (χ2v) is 5.60. The van der Waals surface area contributed by atoms with Crippen LogP contribution in [-0.4, -0.2) is 9.78 Å². The van der Waals surface area contributed by atoms with E-state index in [0.29, 0.717) is 0 Å². The summed E-state index contributed by atoms with van der Waals surface area (Å²) in [4.78, 5) is 0. The van der Waals surface area contributed by atoms with E-state index in [2.05, 4.69) is 71.3 Å². The van der Waals surface area contributed by atoms with E-state index in [0.717, 1.165) is 4.60 Å². The summed E-state index contributed by atoms with van der Waals surface area (Å²) in [6, 6.07) is 0. The van der Waals surface area contributed by atoms with Gasteiger partial charge in [-0.25, -0.2) is 0 Å². The second-order valence-electron chi connectivity index (χ2n) is 3.77. The third-order valence-electron chi connectivity index (χ3n) is 1.64. The molecule has 0 N–H and O–H groups in total. The molecule has 0 aliphatic heterocycles. The molecular weight excluding hydrogens is 331 g/mol. The van der Waals surface area contributed by atoms with E-state index < -0.39 is 0 Å². The van der Waals surface area contributed by atoms with Gasteiger partial charge in [0.1, 0.15) is 4.60 Å². The summed E-state index contributed by atoms with van der Waals surface area (Å²) in [5, 5.41) is 4.41. The molecule has 0 aromatic carbocycles. The van der Waals surface area contributed by atoms with Gasteiger partial charge in [0.15, 0.2) is 0 Å². The number of hydrogen-bond acceptors (Lipinski definition) is 1. The molecule has 1 aromatic heterocycles. The second kappa shape index (κ2) is 3.29. The lowest BCUT2D eigenvalue weighted by molar-refractivity contribution is 0.346. The molecule has 1 heterocycles. The smallest absolute Gasteiger partial charge is 0.141 e. The van der Waals surface area contributed by atoms with Gasteiger partial charge in [-0.3, -0.25) is 4.68 Å². The van der Waals surface area contributed by atoms with Crippen LogP contribution < -0.4 is 0 Å². The molecule has 0 bridgehead atoms. The van der Waals surface area contributed by atoms with Crippen molar-refractivity contribution in [2.75, 3.05) is 0 Å². The average Bonchev–Trinajstić information content (AvgIpc) is 2.15. The number of rotatable bonds is 0. The maximum Gasteiger partial charge on any atom is 0.141 e. The molecule has 0 radical (unpaired) electrons. The summed E-state index contributed by atoms with van der Waals surface area (Å²) >= 11 is 5.72. The van der Waals surface area contributed by atoms with Crippen molar-refractivity contribution in [3.63, 3.8) is 0 Å². The number of nitrogens with zero attached hydrogens (tertiary/aromatic N) is 2. The molecule has 1 aromatic rings. The molecule has 0 unspecified atom stereocenters. The normalized spacial score (nSPS) is 12.2. The van der Waals surface area contributed by atoms with Crippen LogP contribution >= 0.6 is 38.5 Å². The van der Waals surface area contributed by atoms with Crippen LogP contribution in [0.25, 0.3) is 0 Å². The molecule has 12 heavy (non-hydrogen) atoms. The van der Waals surface area contributed by atoms with Crippen LogP contribution in [0.4, 0.5) is 0 Å². The Bertz CT molecular complexity index is 299. The lowest BCUT2D eigenvalue weighted by Crippen LogP contribution is -2.24. The van der Waals surface area contributed by atoms with Crippen LogP contribution in [-0.2, 0) is 5.54 Å². The van der Waals surface area contributed by atoms with Crippen molar-refractivity contribution in [3.8, 4) is 0 Å². The van der Waals surface area contributed by atoms with Crippen molar-refractivity contribution in [1.29, 1.82) is 0 Å². The highest BCUT2D eigenvalue weighted by Crippen LogP contribution is 2.25. The Morgan fingerprint density at radius 1 is 1.42 bits per heavy atom. The van der Waals surface area contributed by atoms with Gasteiger partial charge in [0, 0.05) is 0 Å². The molecule has 2 nitrogen and oxygen atoms in total. The molecule has 0 saturated heterocycles. The average molecular weight is 343 g/mol. The zero-order chi connectivity index (χ0) is 9.52. The van der Waals surface area contributed by atoms with Crippen molar-refractivity contribution in [2.24, 2.45) is 0 Å². The Balaban J connectivity index is 3.28. The monoisotopic (exact) mass is 342 g/mol. The first-order valence-corrected chi connectivity index (χ1v) is 5.62. The van der Waals surface area contributed by atoms with Gasteiger partial charge in [0.25, 0.3) is 0 Å². The van der Waals surface area contributed by atoms with Gasteiger partial charge in [-0.05, 0) is 66.2 Å². The molecule has 0 aliphatic carbocycles. The maximum atomic E-state index is 4.41. The number of aromatic nitrogens is 2. The van der Waals surface area contributed by atoms with E-state index in [4.69, 9.17) is 0 Å². The van der Waals surface area contributed by atoms with E-state index in [9.17, 15) is 0 Å². The minimum atomic E-state index is 0.0655. The zero-order valence-electron chi connectivity index (χ0n) is 7.65. The van der Waals surface area contributed by atoms with Crippen LogP contribution in [0.3, 0.4) is 0 Å². The van der Waals surface area contributed by atoms with Crippen molar-refractivity contribution < 1.29 is 0 Å². The Morgan fingerprint density at radius 3 is 2.08 bits per heavy atom. The van der Waals surface area contributed by atoms with Gasteiger partial charge < -0.3 is 0 Å². The van der Waals surface area contributed by atoms with Gasteiger partial charge in [0.2, 0.25) is 0 Å². The molecule has 0 atom stereocenters. The highest BCUT2D eigenvalue weighted by Gasteiger charge is 2.19. The summed E-state index contributed by atoms with van der Waals surface area (Å²) in [5.74, 6) is 0. The lowest BCUT2D eigenvalue weighted by atomic mass is 10.1. The van der Waals surface area contributed by atoms with E-state index in [1.807, 2.05) is 4.68 Å². The Labute approximate surface area is 95.0 Å². The topological polar surface area (TPSA) is 17.8 Å². The van der Waals surface area contributed by atoms with E-state index >= 15 is 0 Å². The third-order valence-corrected chi connectivity index (χ3v) is 4.23. The Kier molecular flexibility index (Phi) is 2.88. The zero-order valence-corrected chi connectivity index (χ0v) is 11.4. The first kappa shape index (κ1) is 10.5. The summed E-state index contributed by atoms with van der Waals surface area (Å²) in [7, 11) is 0. The van der Waals surface area contributed by atoms with Crippen LogP contribution in [0.5, 0.6) is 0 Å². The standard InChI is InChI=1S/C8H12BrIN2/c1-5-6(10)7(9)11-12(5)8(2,3)4/h1-4H3. The fourth-order valence-electron chi connectivity index (χ4n) is 1.10. The summed E-state index contributed by atoms with van der Waals surface area (Å²) in [6.07, 6.45) is 0. The minimum Gasteiger partial charge on any atom is -0.262 e. The predicted octanol–water partition coefficient (Wildman–Crippen LogP) is 3.31. The minimum absolute atomic E-state index is 0.0655. The third kappa shape index (κ3) is 1.84. The lowest BCUT2D eigenvalue weighted by Gasteiger charge is -2.21. The van der Waals surface area contributed by atoms with Crippen molar-refractivity contribution >= 4 is 38.5 Å². The van der Waals surface area contributed by atoms with Crippen molar-refractivity contribution in [3.05, 3.63) is 13.9 Å². The highest BCUT2D eigenvalue weighted by atomic mass is 127. The van der Waals surface area contributed by atoms with Gasteiger partial charge in [-0.2, -0.15) is 5.10 Å². The van der Waals surface area contributed by atoms with Crippen molar-refractivity contribution in [2.45, 2.75) is 33.2 Å². The molecule has 0 aliphatic rings. The predicted molar refractivity (Wildman–Crippen MR) is 62.4 cm³/mol. The summed E-state index contributed by atoms with van der Waals surface area (Å²) in [6.45, 7) is 8.53. The fraction of sp³-hybridized carbons (Fsp3) is 0.625. The largest absolute Gasteiger partial charge is 0.262 e. The van der Waals surface area contributed by atoms with E-state index in [1.165, 1.54) is 9.26 Å². The molecule has 0 amide bonds. The molecular formula is C8H12BrIN2. The van der Waals surface area contributed by atoms with E-state index in [-0.39, 0.29) is 5.54 Å². The number of hydrogen-bond donors (Lipinski definition) is 0. The van der Waals surface area contributed by atoms with Crippen LogP contribution in [0.2, 0.25) is 0 Å². The molecule has 4 heteroatoms. The molecule has 0 spiro atoms. The summed E-state index contributed by atoms with van der Waals surface area (Å²) in [5.41, 5.74) is 1.28. The molecule has 68 valence electrons. The highest BCUT2D eigenvalue weighted by molar-refractivity contribution is 14.1. The molecule has 0 saturated carbocycles. The fourth-order valence-corrected chi connectivity index (χ4v) is 1.88. The Morgan fingerprint density at radius 2 is 1.92 bits per heavy atom. The quantitative estimate of drug-likeness (QED) is 0.661. The Hall–Kier alpha value is 0.420. The van der Waals surface area contributed by atoms with E-state index in [1.54, 1.807) is 0 Å². The van der Waals surface area contributed by atoms with Crippen LogP contribution in [0.1, 0.15) is 26.5 Å². The van der Waals surface area contributed by atoms with Crippen LogP contribution in [0, 0.1) is 10.5 Å². The number of halogens is 2. The van der Waals surface area contributed by atoms with Crippen LogP contribution in [0.15, 0.2) is 4.60 Å². The van der Waals surface area contributed by atoms with Crippen molar-refractivity contribution in [1.82, 2.24) is 9.78 Å².